The lowest BCUT2D eigenvalue weighted by atomic mass is 10.1. The molecule has 0 aliphatic heterocycles. The molecule has 1 heterocycles. The molecular formula is C17H11F2N. The van der Waals surface area contributed by atoms with Crippen molar-refractivity contribution in [3.63, 3.8) is 0 Å². The fraction of sp³-hybridized carbons (Fsp3) is 0. The van der Waals surface area contributed by atoms with Crippen LogP contribution in [0.5, 0.6) is 0 Å². The van der Waals surface area contributed by atoms with Gasteiger partial charge in [-0.2, -0.15) is 0 Å². The van der Waals surface area contributed by atoms with Crippen LogP contribution in [-0.2, 0) is 0 Å². The highest BCUT2D eigenvalue weighted by molar-refractivity contribution is 5.80. The Morgan fingerprint density at radius 2 is 1.50 bits per heavy atom. The first-order valence-corrected chi connectivity index (χ1v) is 6.22. The monoisotopic (exact) mass is 267 g/mol. The lowest BCUT2D eigenvalue weighted by Gasteiger charge is -2.00. The zero-order chi connectivity index (χ0) is 13.9. The van der Waals surface area contributed by atoms with Gasteiger partial charge < -0.3 is 0 Å². The summed E-state index contributed by atoms with van der Waals surface area (Å²) in [6.45, 7) is 0. The third-order valence-corrected chi connectivity index (χ3v) is 3.04. The van der Waals surface area contributed by atoms with Gasteiger partial charge >= 0.3 is 0 Å². The second kappa shape index (κ2) is 5.21. The van der Waals surface area contributed by atoms with Crippen molar-refractivity contribution in [2.75, 3.05) is 0 Å². The van der Waals surface area contributed by atoms with Crippen LogP contribution >= 0.6 is 0 Å². The van der Waals surface area contributed by atoms with Crippen LogP contribution in [-0.4, -0.2) is 4.98 Å². The molecule has 0 saturated carbocycles. The average molecular weight is 267 g/mol. The van der Waals surface area contributed by atoms with Gasteiger partial charge in [0.25, 0.3) is 0 Å². The minimum atomic E-state index is -0.581. The second-order valence-corrected chi connectivity index (χ2v) is 4.40. The standard InChI is InChI=1S/C17H11F2N/c18-15-5-3-6-16(19)14(15)11-10-13-9-8-12-4-1-2-7-17(12)20-13/h1-11H. The number of nitrogens with zero attached hydrogens (tertiary/aromatic N) is 1. The van der Waals surface area contributed by atoms with E-state index in [9.17, 15) is 8.78 Å². The van der Waals surface area contributed by atoms with Crippen molar-refractivity contribution in [1.29, 1.82) is 0 Å². The van der Waals surface area contributed by atoms with Gasteiger partial charge in [0.05, 0.1) is 11.2 Å². The van der Waals surface area contributed by atoms with Crippen LogP contribution < -0.4 is 0 Å². The Morgan fingerprint density at radius 1 is 0.750 bits per heavy atom. The Labute approximate surface area is 115 Å². The number of hydrogen-bond acceptors (Lipinski definition) is 1. The van der Waals surface area contributed by atoms with E-state index >= 15 is 0 Å². The fourth-order valence-corrected chi connectivity index (χ4v) is 2.01. The summed E-state index contributed by atoms with van der Waals surface area (Å²) < 4.78 is 27.0. The highest BCUT2D eigenvalue weighted by Gasteiger charge is 2.04. The van der Waals surface area contributed by atoms with E-state index in [-0.39, 0.29) is 5.56 Å². The minimum Gasteiger partial charge on any atom is -0.248 e. The van der Waals surface area contributed by atoms with Crippen LogP contribution in [0.25, 0.3) is 23.1 Å². The first kappa shape index (κ1) is 12.5. The molecule has 3 aromatic rings. The van der Waals surface area contributed by atoms with Gasteiger partial charge in [-0.1, -0.05) is 30.3 Å². The van der Waals surface area contributed by atoms with E-state index in [2.05, 4.69) is 4.98 Å². The normalized spacial score (nSPS) is 11.3. The molecule has 0 amide bonds. The van der Waals surface area contributed by atoms with Crippen LogP contribution in [0.1, 0.15) is 11.3 Å². The molecule has 0 fully saturated rings. The quantitative estimate of drug-likeness (QED) is 0.656. The van der Waals surface area contributed by atoms with Crippen LogP contribution in [0, 0.1) is 11.6 Å². The van der Waals surface area contributed by atoms with Gasteiger partial charge in [0.15, 0.2) is 0 Å². The zero-order valence-electron chi connectivity index (χ0n) is 10.6. The molecule has 98 valence electrons. The van der Waals surface area contributed by atoms with Gasteiger partial charge in [-0.15, -0.1) is 0 Å². The molecule has 0 saturated heterocycles. The van der Waals surface area contributed by atoms with Gasteiger partial charge in [-0.3, -0.25) is 0 Å². The van der Waals surface area contributed by atoms with Gasteiger partial charge in [0.1, 0.15) is 11.6 Å². The van der Waals surface area contributed by atoms with E-state index in [1.54, 1.807) is 6.08 Å². The summed E-state index contributed by atoms with van der Waals surface area (Å²) >= 11 is 0. The van der Waals surface area contributed by atoms with Gasteiger partial charge in [-0.25, -0.2) is 13.8 Å². The molecule has 0 spiro atoms. The zero-order valence-corrected chi connectivity index (χ0v) is 10.6. The summed E-state index contributed by atoms with van der Waals surface area (Å²) in [6, 6.07) is 15.3. The molecule has 0 N–H and O–H groups in total. The number of para-hydroxylation sites is 1. The number of pyridine rings is 1. The topological polar surface area (TPSA) is 12.9 Å². The van der Waals surface area contributed by atoms with E-state index in [0.29, 0.717) is 5.69 Å². The Hall–Kier alpha value is -2.55. The lowest BCUT2D eigenvalue weighted by molar-refractivity contribution is 0.579. The number of benzene rings is 2. The van der Waals surface area contributed by atoms with Crippen LogP contribution in [0.15, 0.2) is 54.6 Å². The Bertz CT molecular complexity index is 774. The number of hydrogen-bond donors (Lipinski definition) is 0. The fourth-order valence-electron chi connectivity index (χ4n) is 2.01. The summed E-state index contributed by atoms with van der Waals surface area (Å²) in [6.07, 6.45) is 3.01. The van der Waals surface area contributed by atoms with E-state index in [0.717, 1.165) is 10.9 Å². The molecule has 1 aromatic heterocycles. The van der Waals surface area contributed by atoms with Crippen molar-refractivity contribution >= 4 is 23.1 Å². The highest BCUT2D eigenvalue weighted by atomic mass is 19.1. The predicted octanol–water partition coefficient (Wildman–Crippen LogP) is 4.68. The average Bonchev–Trinajstić information content (AvgIpc) is 2.46. The summed E-state index contributed by atoms with van der Waals surface area (Å²) in [5.41, 5.74) is 1.46. The predicted molar refractivity (Wildman–Crippen MR) is 77.0 cm³/mol. The van der Waals surface area contributed by atoms with Crippen LogP contribution in [0.2, 0.25) is 0 Å². The maximum absolute atomic E-state index is 13.5. The third kappa shape index (κ3) is 2.43. The molecule has 3 rings (SSSR count). The van der Waals surface area contributed by atoms with E-state index in [1.807, 2.05) is 36.4 Å². The summed E-state index contributed by atoms with van der Waals surface area (Å²) in [5, 5.41) is 1.03. The summed E-state index contributed by atoms with van der Waals surface area (Å²) in [5.74, 6) is -1.16. The van der Waals surface area contributed by atoms with Crippen molar-refractivity contribution in [1.82, 2.24) is 4.98 Å². The lowest BCUT2D eigenvalue weighted by Crippen LogP contribution is -1.88. The molecular weight excluding hydrogens is 256 g/mol. The van der Waals surface area contributed by atoms with E-state index in [1.165, 1.54) is 24.3 Å². The summed E-state index contributed by atoms with van der Waals surface area (Å²) in [4.78, 5) is 4.42. The van der Waals surface area contributed by atoms with Crippen molar-refractivity contribution < 1.29 is 8.78 Å². The number of aromatic nitrogens is 1. The second-order valence-electron chi connectivity index (χ2n) is 4.40. The smallest absolute Gasteiger partial charge is 0.133 e. The largest absolute Gasteiger partial charge is 0.248 e. The molecule has 0 aliphatic rings. The van der Waals surface area contributed by atoms with Crippen molar-refractivity contribution in [2.24, 2.45) is 0 Å². The first-order chi connectivity index (χ1) is 9.74. The molecule has 1 nitrogen and oxygen atoms in total. The molecule has 3 heteroatoms. The van der Waals surface area contributed by atoms with Crippen molar-refractivity contribution in [3.05, 3.63) is 77.5 Å². The van der Waals surface area contributed by atoms with E-state index < -0.39 is 11.6 Å². The van der Waals surface area contributed by atoms with Gasteiger partial charge in [-0.05, 0) is 36.4 Å². The third-order valence-electron chi connectivity index (χ3n) is 3.04. The molecule has 20 heavy (non-hydrogen) atoms. The van der Waals surface area contributed by atoms with Gasteiger partial charge in [0, 0.05) is 10.9 Å². The molecule has 2 aromatic carbocycles. The van der Waals surface area contributed by atoms with E-state index in [4.69, 9.17) is 0 Å². The number of rotatable bonds is 2. The highest BCUT2D eigenvalue weighted by Crippen LogP contribution is 2.17. The number of halogens is 2. The molecule has 0 bridgehead atoms. The Balaban J connectivity index is 1.98. The molecule has 0 atom stereocenters. The molecule has 0 radical (unpaired) electrons. The first-order valence-electron chi connectivity index (χ1n) is 6.22. The van der Waals surface area contributed by atoms with Crippen LogP contribution in [0.3, 0.4) is 0 Å². The maximum atomic E-state index is 13.5. The van der Waals surface area contributed by atoms with Crippen molar-refractivity contribution in [2.45, 2.75) is 0 Å². The molecule has 0 unspecified atom stereocenters. The van der Waals surface area contributed by atoms with Crippen LogP contribution in [0.4, 0.5) is 8.78 Å². The number of fused-ring (bicyclic) bond motifs is 1. The minimum absolute atomic E-state index is 0.0533. The van der Waals surface area contributed by atoms with Gasteiger partial charge in [0.2, 0.25) is 0 Å². The maximum Gasteiger partial charge on any atom is 0.133 e. The molecule has 0 aliphatic carbocycles. The Kier molecular flexibility index (Phi) is 3.25. The summed E-state index contributed by atoms with van der Waals surface area (Å²) in [7, 11) is 0. The van der Waals surface area contributed by atoms with Crippen molar-refractivity contribution in [3.8, 4) is 0 Å². The Morgan fingerprint density at radius 3 is 2.30 bits per heavy atom. The SMILES string of the molecule is Fc1cccc(F)c1C=Cc1ccc2ccccc2n1.